The molecule has 0 aliphatic carbocycles. The van der Waals surface area contributed by atoms with Gasteiger partial charge in [-0.05, 0) is 36.8 Å². The molecule has 0 aromatic heterocycles. The molecule has 0 saturated carbocycles. The second kappa shape index (κ2) is 9.56. The van der Waals surface area contributed by atoms with Crippen molar-refractivity contribution in [3.8, 4) is 11.5 Å². The fourth-order valence-corrected chi connectivity index (χ4v) is 2.82. The zero-order valence-corrected chi connectivity index (χ0v) is 14.8. The molecule has 0 heterocycles. The van der Waals surface area contributed by atoms with E-state index in [4.69, 9.17) is 4.74 Å². The van der Waals surface area contributed by atoms with Crippen LogP contribution in [0.15, 0.2) is 12.1 Å². The Morgan fingerprint density at radius 3 is 2.57 bits per heavy atom. The first-order valence-corrected chi connectivity index (χ1v) is 8.46. The van der Waals surface area contributed by atoms with Crippen molar-refractivity contribution in [1.29, 1.82) is 0 Å². The van der Waals surface area contributed by atoms with E-state index >= 15 is 0 Å². The SMILES string of the molecule is CCCC(O)CC(=O)CCc1ccc(O)c(OC)c1CC(C)C. The third-order valence-corrected chi connectivity index (χ3v) is 3.91. The van der Waals surface area contributed by atoms with Crippen LogP contribution in [0.2, 0.25) is 0 Å². The van der Waals surface area contributed by atoms with Crippen LogP contribution in [0.25, 0.3) is 0 Å². The van der Waals surface area contributed by atoms with Gasteiger partial charge in [0.05, 0.1) is 13.2 Å². The minimum absolute atomic E-state index is 0.0773. The molecule has 1 rings (SSSR count). The molecule has 0 fully saturated rings. The molecule has 1 atom stereocenters. The van der Waals surface area contributed by atoms with E-state index in [1.165, 1.54) is 0 Å². The number of carbonyl (C=O) groups is 1. The first kappa shape index (κ1) is 19.5. The number of methoxy groups -OCH3 is 1. The zero-order chi connectivity index (χ0) is 17.4. The van der Waals surface area contributed by atoms with Crippen molar-refractivity contribution in [3.63, 3.8) is 0 Å². The van der Waals surface area contributed by atoms with Crippen molar-refractivity contribution in [2.45, 2.75) is 65.4 Å². The van der Waals surface area contributed by atoms with Crippen molar-refractivity contribution in [1.82, 2.24) is 0 Å². The van der Waals surface area contributed by atoms with E-state index in [1.807, 2.05) is 13.0 Å². The van der Waals surface area contributed by atoms with Crippen LogP contribution >= 0.6 is 0 Å². The lowest BCUT2D eigenvalue weighted by molar-refractivity contribution is -0.121. The van der Waals surface area contributed by atoms with Gasteiger partial charge in [0.2, 0.25) is 0 Å². The van der Waals surface area contributed by atoms with Crippen LogP contribution in [0, 0.1) is 5.92 Å². The molecular weight excluding hydrogens is 292 g/mol. The van der Waals surface area contributed by atoms with Crippen molar-refractivity contribution in [3.05, 3.63) is 23.3 Å². The summed E-state index contributed by atoms with van der Waals surface area (Å²) in [5.74, 6) is 1.14. The summed E-state index contributed by atoms with van der Waals surface area (Å²) in [6.45, 7) is 6.22. The normalized spacial score (nSPS) is 12.4. The van der Waals surface area contributed by atoms with Gasteiger partial charge in [-0.2, -0.15) is 0 Å². The number of benzene rings is 1. The predicted molar refractivity (Wildman–Crippen MR) is 92.1 cm³/mol. The number of hydrogen-bond acceptors (Lipinski definition) is 4. The Balaban J connectivity index is 2.81. The lowest BCUT2D eigenvalue weighted by Gasteiger charge is -2.17. The summed E-state index contributed by atoms with van der Waals surface area (Å²) in [5, 5.41) is 19.7. The number of phenols is 1. The quantitative estimate of drug-likeness (QED) is 0.690. The number of Topliss-reactive ketones (excluding diaryl/α,β-unsaturated/α-hetero) is 1. The molecule has 130 valence electrons. The van der Waals surface area contributed by atoms with E-state index in [0.717, 1.165) is 24.0 Å². The summed E-state index contributed by atoms with van der Waals surface area (Å²) in [6.07, 6.45) is 3.04. The second-order valence-corrected chi connectivity index (χ2v) is 6.54. The van der Waals surface area contributed by atoms with Gasteiger partial charge in [-0.25, -0.2) is 0 Å². The first-order chi connectivity index (χ1) is 10.9. The number of aryl methyl sites for hydroxylation is 1. The molecule has 0 amide bonds. The highest BCUT2D eigenvalue weighted by Gasteiger charge is 2.17. The Morgan fingerprint density at radius 2 is 2.00 bits per heavy atom. The van der Waals surface area contributed by atoms with Gasteiger partial charge in [0.15, 0.2) is 11.5 Å². The number of carbonyl (C=O) groups excluding carboxylic acids is 1. The summed E-state index contributed by atoms with van der Waals surface area (Å²) in [5.41, 5.74) is 2.01. The fourth-order valence-electron chi connectivity index (χ4n) is 2.82. The zero-order valence-electron chi connectivity index (χ0n) is 14.8. The number of aliphatic hydroxyl groups excluding tert-OH is 1. The van der Waals surface area contributed by atoms with Crippen molar-refractivity contribution in [2.24, 2.45) is 5.92 Å². The van der Waals surface area contributed by atoms with E-state index in [2.05, 4.69) is 13.8 Å². The lowest BCUT2D eigenvalue weighted by atomic mass is 9.93. The molecule has 1 unspecified atom stereocenters. The van der Waals surface area contributed by atoms with E-state index in [0.29, 0.717) is 30.9 Å². The standard InChI is InChI=1S/C19H30O4/c1-5-6-15(20)12-16(21)9-7-14-8-10-18(22)19(23-4)17(14)11-13(2)3/h8,10,13,15,20,22H,5-7,9,11-12H2,1-4H3. The number of hydrogen-bond donors (Lipinski definition) is 2. The van der Waals surface area contributed by atoms with Gasteiger partial charge in [-0.15, -0.1) is 0 Å². The van der Waals surface area contributed by atoms with Crippen LogP contribution in [-0.2, 0) is 17.6 Å². The maximum Gasteiger partial charge on any atom is 0.163 e. The molecule has 0 bridgehead atoms. The summed E-state index contributed by atoms with van der Waals surface area (Å²) in [4.78, 5) is 12.0. The molecule has 0 aliphatic rings. The molecule has 0 spiro atoms. The maximum atomic E-state index is 12.0. The molecule has 4 nitrogen and oxygen atoms in total. The Kier molecular flexibility index (Phi) is 8.10. The average Bonchev–Trinajstić information content (AvgIpc) is 2.46. The minimum Gasteiger partial charge on any atom is -0.504 e. The van der Waals surface area contributed by atoms with Crippen LogP contribution in [0.1, 0.15) is 57.6 Å². The second-order valence-electron chi connectivity index (χ2n) is 6.54. The summed E-state index contributed by atoms with van der Waals surface area (Å²) in [6, 6.07) is 3.49. The monoisotopic (exact) mass is 322 g/mol. The molecule has 4 heteroatoms. The van der Waals surface area contributed by atoms with Gasteiger partial charge in [0, 0.05) is 18.4 Å². The molecule has 23 heavy (non-hydrogen) atoms. The first-order valence-electron chi connectivity index (χ1n) is 8.46. The summed E-state index contributed by atoms with van der Waals surface area (Å²) < 4.78 is 5.35. The summed E-state index contributed by atoms with van der Waals surface area (Å²) >= 11 is 0. The van der Waals surface area contributed by atoms with E-state index < -0.39 is 6.10 Å². The highest BCUT2D eigenvalue weighted by molar-refractivity contribution is 5.79. The molecule has 0 aliphatic heterocycles. The maximum absolute atomic E-state index is 12.0. The van der Waals surface area contributed by atoms with Gasteiger partial charge >= 0.3 is 0 Å². The van der Waals surface area contributed by atoms with Crippen molar-refractivity contribution >= 4 is 5.78 Å². The van der Waals surface area contributed by atoms with Crippen LogP contribution in [0.5, 0.6) is 11.5 Å². The van der Waals surface area contributed by atoms with Gasteiger partial charge in [0.25, 0.3) is 0 Å². The minimum atomic E-state index is -0.531. The van der Waals surface area contributed by atoms with Gasteiger partial charge in [0.1, 0.15) is 5.78 Å². The number of ketones is 1. The molecule has 2 N–H and O–H groups in total. The van der Waals surface area contributed by atoms with Gasteiger partial charge in [-0.3, -0.25) is 4.79 Å². The molecular formula is C19H30O4. The Bertz CT molecular complexity index is 508. The molecule has 1 aromatic carbocycles. The lowest BCUT2D eigenvalue weighted by Crippen LogP contribution is -2.14. The van der Waals surface area contributed by atoms with Gasteiger partial charge < -0.3 is 14.9 Å². The third-order valence-electron chi connectivity index (χ3n) is 3.91. The fraction of sp³-hybridized carbons (Fsp3) is 0.632. The molecule has 0 saturated heterocycles. The van der Waals surface area contributed by atoms with E-state index in [1.54, 1.807) is 13.2 Å². The number of ether oxygens (including phenoxy) is 1. The van der Waals surface area contributed by atoms with Gasteiger partial charge in [-0.1, -0.05) is 33.3 Å². The van der Waals surface area contributed by atoms with Crippen LogP contribution < -0.4 is 4.74 Å². The van der Waals surface area contributed by atoms with Crippen LogP contribution in [-0.4, -0.2) is 29.2 Å². The topological polar surface area (TPSA) is 66.8 Å². The number of rotatable bonds is 10. The predicted octanol–water partition coefficient (Wildman–Crippen LogP) is 3.65. The average molecular weight is 322 g/mol. The Labute approximate surface area is 139 Å². The van der Waals surface area contributed by atoms with E-state index in [9.17, 15) is 15.0 Å². The number of phenolic OH excluding ortho intramolecular Hbond substituents is 1. The van der Waals surface area contributed by atoms with Crippen molar-refractivity contribution in [2.75, 3.05) is 7.11 Å². The van der Waals surface area contributed by atoms with Crippen molar-refractivity contribution < 1.29 is 19.7 Å². The largest absolute Gasteiger partial charge is 0.504 e. The smallest absolute Gasteiger partial charge is 0.163 e. The number of aliphatic hydroxyl groups is 1. The van der Waals surface area contributed by atoms with E-state index in [-0.39, 0.29) is 18.0 Å². The third kappa shape index (κ3) is 6.22. The van der Waals surface area contributed by atoms with Crippen LogP contribution in [0.4, 0.5) is 0 Å². The molecule has 1 aromatic rings. The summed E-state index contributed by atoms with van der Waals surface area (Å²) in [7, 11) is 1.55. The van der Waals surface area contributed by atoms with Crippen LogP contribution in [0.3, 0.4) is 0 Å². The molecule has 0 radical (unpaired) electrons. The Morgan fingerprint density at radius 1 is 1.30 bits per heavy atom. The Hall–Kier alpha value is -1.55. The highest BCUT2D eigenvalue weighted by Crippen LogP contribution is 2.34. The number of aromatic hydroxyl groups is 1. The highest BCUT2D eigenvalue weighted by atomic mass is 16.5.